The summed E-state index contributed by atoms with van der Waals surface area (Å²) >= 11 is 0. The zero-order valence-electron chi connectivity index (χ0n) is 7.66. The van der Waals surface area contributed by atoms with Gasteiger partial charge in [0.15, 0.2) is 0 Å². The second kappa shape index (κ2) is 5.06. The topological polar surface area (TPSA) is 91.1 Å². The number of pyridine rings is 1. The first-order valence-corrected chi connectivity index (χ1v) is 3.96. The first kappa shape index (κ1) is 10.3. The van der Waals surface area contributed by atoms with Crippen LogP contribution < -0.4 is 4.74 Å². The molecule has 6 nitrogen and oxygen atoms in total. The Kier molecular flexibility index (Phi) is 3.72. The van der Waals surface area contributed by atoms with Crippen molar-refractivity contribution in [3.05, 3.63) is 34.3 Å². The molecule has 0 aliphatic heterocycles. The molecule has 0 fully saturated rings. The highest BCUT2D eigenvalue weighted by molar-refractivity contribution is 5.23. The van der Waals surface area contributed by atoms with Gasteiger partial charge in [0, 0.05) is 17.2 Å². The average molecular weight is 194 g/mol. The van der Waals surface area contributed by atoms with Crippen LogP contribution in [0.1, 0.15) is 11.6 Å². The summed E-state index contributed by atoms with van der Waals surface area (Å²) in [6, 6.07) is 2.70. The van der Waals surface area contributed by atoms with Crippen LogP contribution in [0.25, 0.3) is 10.4 Å². The third-order valence-electron chi connectivity index (χ3n) is 1.72. The Morgan fingerprint density at radius 3 is 3.14 bits per heavy atom. The fourth-order valence-electron chi connectivity index (χ4n) is 1.01. The molecule has 0 amide bonds. The minimum absolute atomic E-state index is 0.239. The fraction of sp³-hybridized carbons (Fsp3) is 0.375. The lowest BCUT2D eigenvalue weighted by atomic mass is 10.1. The number of ether oxygens (including phenoxy) is 1. The number of methoxy groups -OCH3 is 1. The number of hydrogen-bond acceptors (Lipinski definition) is 4. The number of nitrogens with zero attached hydrogens (tertiary/aromatic N) is 4. The minimum Gasteiger partial charge on any atom is -0.481 e. The maximum atomic E-state index is 8.95. The van der Waals surface area contributed by atoms with Crippen LogP contribution in [0.3, 0.4) is 0 Å². The zero-order valence-corrected chi connectivity index (χ0v) is 7.66. The predicted octanol–water partition coefficient (Wildman–Crippen LogP) is 1.43. The molecule has 1 N–H and O–H groups in total. The van der Waals surface area contributed by atoms with Crippen LogP contribution in [0.2, 0.25) is 0 Å². The van der Waals surface area contributed by atoms with Gasteiger partial charge in [0.25, 0.3) is 0 Å². The van der Waals surface area contributed by atoms with E-state index in [1.807, 2.05) is 0 Å². The fourth-order valence-corrected chi connectivity index (χ4v) is 1.01. The number of hydrogen-bond donors (Lipinski definition) is 1. The van der Waals surface area contributed by atoms with Gasteiger partial charge in [-0.3, -0.25) is 0 Å². The van der Waals surface area contributed by atoms with Crippen molar-refractivity contribution in [1.29, 1.82) is 0 Å². The highest BCUT2D eigenvalue weighted by atomic mass is 16.5. The first-order chi connectivity index (χ1) is 6.81. The Labute approximate surface area is 80.8 Å². The first-order valence-electron chi connectivity index (χ1n) is 3.96. The van der Waals surface area contributed by atoms with Gasteiger partial charge in [0.2, 0.25) is 5.88 Å². The average Bonchev–Trinajstić information content (AvgIpc) is 2.26. The van der Waals surface area contributed by atoms with Gasteiger partial charge in [0.05, 0.1) is 19.8 Å². The number of rotatable bonds is 4. The van der Waals surface area contributed by atoms with Crippen LogP contribution in [-0.4, -0.2) is 23.8 Å². The van der Waals surface area contributed by atoms with Crippen molar-refractivity contribution < 1.29 is 9.84 Å². The molecule has 0 saturated carbocycles. The van der Waals surface area contributed by atoms with E-state index in [9.17, 15) is 0 Å². The van der Waals surface area contributed by atoms with Crippen LogP contribution >= 0.6 is 0 Å². The van der Waals surface area contributed by atoms with E-state index in [0.29, 0.717) is 11.4 Å². The van der Waals surface area contributed by atoms with Gasteiger partial charge in [-0.1, -0.05) is 5.11 Å². The van der Waals surface area contributed by atoms with Crippen molar-refractivity contribution in [2.75, 3.05) is 13.7 Å². The maximum absolute atomic E-state index is 8.95. The van der Waals surface area contributed by atoms with E-state index < -0.39 is 6.04 Å². The monoisotopic (exact) mass is 194 g/mol. The summed E-state index contributed by atoms with van der Waals surface area (Å²) in [5.74, 6) is 0.425. The van der Waals surface area contributed by atoms with Crippen LogP contribution in [0, 0.1) is 0 Å². The highest BCUT2D eigenvalue weighted by Crippen LogP contribution is 2.19. The van der Waals surface area contributed by atoms with Crippen molar-refractivity contribution in [2.45, 2.75) is 6.04 Å². The van der Waals surface area contributed by atoms with Crippen molar-refractivity contribution in [2.24, 2.45) is 5.11 Å². The summed E-state index contributed by atoms with van der Waals surface area (Å²) in [7, 11) is 1.49. The predicted molar refractivity (Wildman–Crippen MR) is 49.8 cm³/mol. The molecule has 0 aromatic carbocycles. The van der Waals surface area contributed by atoms with Crippen LogP contribution in [0.15, 0.2) is 23.4 Å². The molecule has 0 aliphatic carbocycles. The molecule has 0 bridgehead atoms. The van der Waals surface area contributed by atoms with Crippen molar-refractivity contribution in [1.82, 2.24) is 4.98 Å². The summed E-state index contributed by atoms with van der Waals surface area (Å²) < 4.78 is 4.90. The molecule has 14 heavy (non-hydrogen) atoms. The van der Waals surface area contributed by atoms with Gasteiger partial charge in [0.1, 0.15) is 0 Å². The van der Waals surface area contributed by atoms with Crippen molar-refractivity contribution in [3.8, 4) is 5.88 Å². The van der Waals surface area contributed by atoms with E-state index in [1.165, 1.54) is 13.3 Å². The SMILES string of the molecule is COc1cc(C(CO)N=[N+]=[N-])ccn1. The number of aliphatic hydroxyl groups excluding tert-OH is 1. The standard InChI is InChI=1S/C8H10N4O2/c1-14-8-4-6(2-3-10-8)7(5-13)11-12-9/h2-4,7,13H,5H2,1H3. The third-order valence-corrected chi connectivity index (χ3v) is 1.72. The quantitative estimate of drug-likeness (QED) is 0.446. The molecule has 1 rings (SSSR count). The van der Waals surface area contributed by atoms with Gasteiger partial charge in [-0.25, -0.2) is 4.98 Å². The molecule has 1 aromatic rings. The summed E-state index contributed by atoms with van der Waals surface area (Å²) in [5.41, 5.74) is 8.93. The molecule has 74 valence electrons. The molecular formula is C8H10N4O2. The Hall–Kier alpha value is -1.78. The lowest BCUT2D eigenvalue weighted by Crippen LogP contribution is -2.00. The Morgan fingerprint density at radius 2 is 2.57 bits per heavy atom. The Bertz CT molecular complexity index is 349. The van der Waals surface area contributed by atoms with Gasteiger partial charge < -0.3 is 9.84 Å². The molecule has 6 heteroatoms. The van der Waals surface area contributed by atoms with Gasteiger partial charge >= 0.3 is 0 Å². The van der Waals surface area contributed by atoms with E-state index in [-0.39, 0.29) is 6.61 Å². The maximum Gasteiger partial charge on any atom is 0.213 e. The second-order valence-corrected chi connectivity index (χ2v) is 2.53. The smallest absolute Gasteiger partial charge is 0.213 e. The molecule has 0 spiro atoms. The molecule has 0 aliphatic rings. The third kappa shape index (κ3) is 2.35. The molecule has 1 aromatic heterocycles. The highest BCUT2D eigenvalue weighted by Gasteiger charge is 2.08. The molecule has 1 atom stereocenters. The molecule has 0 radical (unpaired) electrons. The lowest BCUT2D eigenvalue weighted by Gasteiger charge is -2.08. The van der Waals surface area contributed by atoms with E-state index in [4.69, 9.17) is 15.4 Å². The number of aromatic nitrogens is 1. The summed E-state index contributed by atoms with van der Waals surface area (Å²) in [5, 5.41) is 12.4. The van der Waals surface area contributed by atoms with E-state index >= 15 is 0 Å². The van der Waals surface area contributed by atoms with Gasteiger partial charge in [-0.2, -0.15) is 0 Å². The van der Waals surface area contributed by atoms with E-state index in [0.717, 1.165) is 0 Å². The number of aliphatic hydroxyl groups is 1. The largest absolute Gasteiger partial charge is 0.481 e. The summed E-state index contributed by atoms with van der Waals surface area (Å²) in [6.45, 7) is -0.239. The van der Waals surface area contributed by atoms with Crippen molar-refractivity contribution >= 4 is 0 Å². The normalized spacial score (nSPS) is 11.6. The Balaban J connectivity index is 2.97. The molecule has 1 unspecified atom stereocenters. The van der Waals surface area contributed by atoms with Crippen molar-refractivity contribution in [3.63, 3.8) is 0 Å². The minimum atomic E-state index is -0.586. The van der Waals surface area contributed by atoms with Gasteiger partial charge in [-0.05, 0) is 17.2 Å². The molecule has 0 saturated heterocycles. The van der Waals surface area contributed by atoms with Crippen LogP contribution in [-0.2, 0) is 0 Å². The Morgan fingerprint density at radius 1 is 1.79 bits per heavy atom. The summed E-state index contributed by atoms with van der Waals surface area (Å²) in [6.07, 6.45) is 1.53. The van der Waals surface area contributed by atoms with Gasteiger partial charge in [-0.15, -0.1) is 0 Å². The molecular weight excluding hydrogens is 184 g/mol. The second-order valence-electron chi connectivity index (χ2n) is 2.53. The van der Waals surface area contributed by atoms with E-state index in [1.54, 1.807) is 12.1 Å². The lowest BCUT2D eigenvalue weighted by molar-refractivity contribution is 0.267. The van der Waals surface area contributed by atoms with Crippen LogP contribution in [0.4, 0.5) is 0 Å². The zero-order chi connectivity index (χ0) is 10.4. The van der Waals surface area contributed by atoms with E-state index in [2.05, 4.69) is 15.0 Å². The molecule has 1 heterocycles. The summed E-state index contributed by atoms with van der Waals surface area (Å²) in [4.78, 5) is 6.54. The number of azide groups is 1. The van der Waals surface area contributed by atoms with Crippen LogP contribution in [0.5, 0.6) is 5.88 Å².